The van der Waals surface area contributed by atoms with Gasteiger partial charge in [0.15, 0.2) is 0 Å². The fourth-order valence-electron chi connectivity index (χ4n) is 2.88. The predicted molar refractivity (Wildman–Crippen MR) is 81.2 cm³/mol. The summed E-state index contributed by atoms with van der Waals surface area (Å²) in [4.78, 5) is 0. The summed E-state index contributed by atoms with van der Waals surface area (Å²) in [5, 5.41) is 3.45. The summed E-state index contributed by atoms with van der Waals surface area (Å²) in [5.41, 5.74) is 0.376. The van der Waals surface area contributed by atoms with Gasteiger partial charge >= 0.3 is 6.18 Å². The Morgan fingerprint density at radius 1 is 0.952 bits per heavy atom. The molecule has 0 aliphatic rings. The van der Waals surface area contributed by atoms with E-state index >= 15 is 0 Å². The van der Waals surface area contributed by atoms with Gasteiger partial charge in [0, 0.05) is 6.04 Å². The molecule has 1 rings (SSSR count). The molecule has 0 fully saturated rings. The number of hydrogen-bond acceptors (Lipinski definition) is 1. The summed E-state index contributed by atoms with van der Waals surface area (Å²) in [7, 11) is 0. The largest absolute Gasteiger partial charge is 0.416 e. The summed E-state index contributed by atoms with van der Waals surface area (Å²) in [6.07, 6.45) is 0.0951. The highest BCUT2D eigenvalue weighted by atomic mass is 19.4. The summed E-state index contributed by atoms with van der Waals surface area (Å²) >= 11 is 0. The number of alkyl halides is 3. The highest BCUT2D eigenvalue weighted by molar-refractivity contribution is 5.27. The first-order valence-corrected chi connectivity index (χ1v) is 7.84. The average Bonchev–Trinajstić information content (AvgIpc) is 2.44. The first-order chi connectivity index (χ1) is 9.93. The number of halogens is 3. The van der Waals surface area contributed by atoms with Crippen LogP contribution in [0.5, 0.6) is 0 Å². The third-order valence-electron chi connectivity index (χ3n) is 3.81. The van der Waals surface area contributed by atoms with Gasteiger partial charge in [-0.05, 0) is 43.0 Å². The Hall–Kier alpha value is -1.03. The van der Waals surface area contributed by atoms with E-state index in [1.54, 1.807) is 12.1 Å². The number of benzene rings is 1. The molecule has 1 atom stereocenters. The topological polar surface area (TPSA) is 12.0 Å². The second kappa shape index (κ2) is 8.42. The third-order valence-corrected chi connectivity index (χ3v) is 3.81. The third kappa shape index (κ3) is 5.34. The average molecular weight is 301 g/mol. The minimum Gasteiger partial charge on any atom is -0.310 e. The number of rotatable bonds is 8. The SMILES string of the molecule is CCCC(CCC)C(NCC)c1ccc(C(F)(F)F)cc1. The van der Waals surface area contributed by atoms with E-state index in [2.05, 4.69) is 19.2 Å². The van der Waals surface area contributed by atoms with E-state index in [0.29, 0.717) is 5.92 Å². The maximum atomic E-state index is 12.7. The van der Waals surface area contributed by atoms with E-state index < -0.39 is 11.7 Å². The molecule has 0 aliphatic heterocycles. The lowest BCUT2D eigenvalue weighted by molar-refractivity contribution is -0.137. The molecule has 0 radical (unpaired) electrons. The van der Waals surface area contributed by atoms with Gasteiger partial charge in [-0.1, -0.05) is 45.7 Å². The molecule has 0 amide bonds. The van der Waals surface area contributed by atoms with Gasteiger partial charge < -0.3 is 5.32 Å². The van der Waals surface area contributed by atoms with Crippen LogP contribution in [0.4, 0.5) is 13.2 Å². The summed E-state index contributed by atoms with van der Waals surface area (Å²) in [6.45, 7) is 7.15. The lowest BCUT2D eigenvalue weighted by Crippen LogP contribution is -2.28. The van der Waals surface area contributed by atoms with Crippen LogP contribution in [0.2, 0.25) is 0 Å². The molecule has 0 aromatic heterocycles. The van der Waals surface area contributed by atoms with Crippen LogP contribution in [0.25, 0.3) is 0 Å². The highest BCUT2D eigenvalue weighted by Gasteiger charge is 2.30. The van der Waals surface area contributed by atoms with Crippen molar-refractivity contribution in [1.29, 1.82) is 0 Å². The molecular formula is C17H26F3N. The van der Waals surface area contributed by atoms with Crippen molar-refractivity contribution in [1.82, 2.24) is 5.32 Å². The summed E-state index contributed by atoms with van der Waals surface area (Å²) in [6, 6.07) is 5.75. The second-order valence-electron chi connectivity index (χ2n) is 5.49. The molecule has 1 aromatic carbocycles. The molecule has 0 aliphatic carbocycles. The van der Waals surface area contributed by atoms with Crippen LogP contribution in [-0.4, -0.2) is 6.54 Å². The van der Waals surface area contributed by atoms with Crippen molar-refractivity contribution >= 4 is 0 Å². The van der Waals surface area contributed by atoms with Gasteiger partial charge in [0.25, 0.3) is 0 Å². The number of hydrogen-bond donors (Lipinski definition) is 1. The van der Waals surface area contributed by atoms with E-state index in [1.807, 2.05) is 6.92 Å². The van der Waals surface area contributed by atoms with Crippen LogP contribution in [-0.2, 0) is 6.18 Å². The van der Waals surface area contributed by atoms with Crippen LogP contribution in [0, 0.1) is 5.92 Å². The van der Waals surface area contributed by atoms with E-state index in [-0.39, 0.29) is 6.04 Å². The van der Waals surface area contributed by atoms with Crippen LogP contribution >= 0.6 is 0 Å². The first-order valence-electron chi connectivity index (χ1n) is 7.84. The van der Waals surface area contributed by atoms with Crippen molar-refractivity contribution in [3.8, 4) is 0 Å². The van der Waals surface area contributed by atoms with E-state index in [4.69, 9.17) is 0 Å². The zero-order valence-corrected chi connectivity index (χ0v) is 13.1. The van der Waals surface area contributed by atoms with Crippen LogP contribution < -0.4 is 5.32 Å². The van der Waals surface area contributed by atoms with Crippen LogP contribution in [0.15, 0.2) is 24.3 Å². The molecule has 0 bridgehead atoms. The fraction of sp³-hybridized carbons (Fsp3) is 0.647. The lowest BCUT2D eigenvalue weighted by atomic mass is 9.86. The van der Waals surface area contributed by atoms with Crippen LogP contribution in [0.3, 0.4) is 0 Å². The monoisotopic (exact) mass is 301 g/mol. The van der Waals surface area contributed by atoms with Gasteiger partial charge in [-0.2, -0.15) is 13.2 Å². The van der Waals surface area contributed by atoms with E-state index in [0.717, 1.165) is 37.8 Å². The Morgan fingerprint density at radius 3 is 1.86 bits per heavy atom. The van der Waals surface area contributed by atoms with Crippen molar-refractivity contribution in [3.63, 3.8) is 0 Å². The van der Waals surface area contributed by atoms with Gasteiger partial charge in [-0.25, -0.2) is 0 Å². The first kappa shape index (κ1) is 18.0. The molecule has 120 valence electrons. The predicted octanol–water partition coefficient (Wildman–Crippen LogP) is 5.57. The van der Waals surface area contributed by atoms with Crippen molar-refractivity contribution in [2.75, 3.05) is 6.54 Å². The molecule has 21 heavy (non-hydrogen) atoms. The van der Waals surface area contributed by atoms with Crippen molar-refractivity contribution in [3.05, 3.63) is 35.4 Å². The van der Waals surface area contributed by atoms with Crippen molar-refractivity contribution < 1.29 is 13.2 Å². The minimum atomic E-state index is -4.27. The number of nitrogens with one attached hydrogen (secondary N) is 1. The van der Waals surface area contributed by atoms with Crippen LogP contribution in [0.1, 0.15) is 63.6 Å². The Labute approximate surface area is 125 Å². The maximum Gasteiger partial charge on any atom is 0.416 e. The molecular weight excluding hydrogens is 275 g/mol. The zero-order chi connectivity index (χ0) is 15.9. The van der Waals surface area contributed by atoms with Gasteiger partial charge in [-0.3, -0.25) is 0 Å². The maximum absolute atomic E-state index is 12.7. The summed E-state index contributed by atoms with van der Waals surface area (Å²) in [5.74, 6) is 0.469. The molecule has 0 saturated carbocycles. The standard InChI is InChI=1S/C17H26F3N/c1-4-7-13(8-5-2)16(21-6-3)14-9-11-15(12-10-14)17(18,19)20/h9-13,16,21H,4-8H2,1-3H3. The Morgan fingerprint density at radius 2 is 1.48 bits per heavy atom. The van der Waals surface area contributed by atoms with Gasteiger partial charge in [0.2, 0.25) is 0 Å². The lowest BCUT2D eigenvalue weighted by Gasteiger charge is -2.28. The second-order valence-corrected chi connectivity index (χ2v) is 5.49. The highest BCUT2D eigenvalue weighted by Crippen LogP contribution is 2.33. The summed E-state index contributed by atoms with van der Waals surface area (Å²) < 4.78 is 38.0. The molecule has 1 aromatic rings. The molecule has 0 saturated heterocycles. The van der Waals surface area contributed by atoms with Gasteiger partial charge in [0.05, 0.1) is 5.56 Å². The molecule has 0 spiro atoms. The quantitative estimate of drug-likeness (QED) is 0.661. The molecule has 1 N–H and O–H groups in total. The Bertz CT molecular complexity index is 391. The Kier molecular flexibility index (Phi) is 7.23. The molecule has 4 heteroatoms. The fourth-order valence-corrected chi connectivity index (χ4v) is 2.88. The Balaban J connectivity index is 2.98. The van der Waals surface area contributed by atoms with Crippen molar-refractivity contribution in [2.24, 2.45) is 5.92 Å². The zero-order valence-electron chi connectivity index (χ0n) is 13.1. The smallest absolute Gasteiger partial charge is 0.310 e. The molecule has 1 nitrogen and oxygen atoms in total. The van der Waals surface area contributed by atoms with E-state index in [9.17, 15) is 13.2 Å². The van der Waals surface area contributed by atoms with E-state index in [1.165, 1.54) is 12.1 Å². The van der Waals surface area contributed by atoms with Gasteiger partial charge in [0.1, 0.15) is 0 Å². The van der Waals surface area contributed by atoms with Crippen molar-refractivity contribution in [2.45, 2.75) is 58.7 Å². The van der Waals surface area contributed by atoms with Gasteiger partial charge in [-0.15, -0.1) is 0 Å². The molecule has 1 unspecified atom stereocenters. The minimum absolute atomic E-state index is 0.136. The normalized spacial score (nSPS) is 13.7. The molecule has 0 heterocycles.